The maximum atomic E-state index is 12.6. The second-order valence-electron chi connectivity index (χ2n) is 12.9. The Hall–Kier alpha value is -3.97. The molecule has 0 spiro atoms. The van der Waals surface area contributed by atoms with Gasteiger partial charge in [-0.3, -0.25) is 0 Å². The van der Waals surface area contributed by atoms with Crippen LogP contribution in [-0.4, -0.2) is 37.4 Å². The summed E-state index contributed by atoms with van der Waals surface area (Å²) in [5.41, 5.74) is 2.88. The smallest absolute Gasteiger partial charge is 0.333 e. The fraction of sp³-hybridized carbons (Fsp3) is 0.429. The summed E-state index contributed by atoms with van der Waals surface area (Å²) in [6, 6.07) is 18.5. The number of allylic oxidation sites excluding steroid dienone is 2. The molecule has 0 aromatic heterocycles. The van der Waals surface area contributed by atoms with E-state index >= 15 is 0 Å². The first-order valence-electron chi connectivity index (χ1n) is 17.7. The Kier molecular flexibility index (Phi) is 14.9. The van der Waals surface area contributed by atoms with E-state index in [1.165, 1.54) is 9.80 Å². The first-order valence-corrected chi connectivity index (χ1v) is 18.5. The molecular formula is C42H52O6S. The van der Waals surface area contributed by atoms with Crippen molar-refractivity contribution in [2.24, 2.45) is 0 Å². The molecule has 0 radical (unpaired) electrons. The zero-order valence-electron chi connectivity index (χ0n) is 29.7. The summed E-state index contributed by atoms with van der Waals surface area (Å²) < 4.78 is 25.1. The van der Waals surface area contributed by atoms with Crippen molar-refractivity contribution >= 4 is 34.5 Å². The lowest BCUT2D eigenvalue weighted by Crippen LogP contribution is -2.27. The van der Waals surface area contributed by atoms with Crippen LogP contribution in [0.25, 0.3) is 10.8 Å². The Balaban J connectivity index is 1.72. The van der Waals surface area contributed by atoms with Crippen molar-refractivity contribution in [3.05, 3.63) is 101 Å². The third-order valence-corrected chi connectivity index (χ3v) is 9.62. The number of esters is 2. The molecule has 2 atom stereocenters. The highest BCUT2D eigenvalue weighted by atomic mass is 32.2. The molecule has 7 heteroatoms. The normalized spacial score (nSPS) is 13.5. The summed E-state index contributed by atoms with van der Waals surface area (Å²) in [5, 5.41) is 1.87. The molecule has 3 aromatic carbocycles. The van der Waals surface area contributed by atoms with E-state index in [1.807, 2.05) is 18.2 Å². The molecule has 0 heterocycles. The molecule has 4 rings (SSSR count). The monoisotopic (exact) mass is 684 g/mol. The molecule has 0 N–H and O–H groups in total. The Bertz CT molecular complexity index is 1630. The van der Waals surface area contributed by atoms with Gasteiger partial charge in [0.15, 0.2) is 0 Å². The summed E-state index contributed by atoms with van der Waals surface area (Å²) in [4.78, 5) is 27.5. The third kappa shape index (κ3) is 11.0. The molecule has 0 amide bonds. The van der Waals surface area contributed by atoms with E-state index in [0.29, 0.717) is 36.8 Å². The van der Waals surface area contributed by atoms with Crippen LogP contribution in [0.5, 0.6) is 11.5 Å². The highest BCUT2D eigenvalue weighted by molar-refractivity contribution is 8.03. The van der Waals surface area contributed by atoms with Crippen LogP contribution in [0.2, 0.25) is 0 Å². The molecule has 2 unspecified atom stereocenters. The Morgan fingerprint density at radius 1 is 0.714 bits per heavy atom. The van der Waals surface area contributed by atoms with Gasteiger partial charge in [-0.1, -0.05) is 113 Å². The number of hydrogen-bond donors (Lipinski definition) is 0. The maximum Gasteiger partial charge on any atom is 0.333 e. The molecule has 3 aromatic rings. The summed E-state index contributed by atoms with van der Waals surface area (Å²) >= 11 is 1.76. The van der Waals surface area contributed by atoms with E-state index in [-0.39, 0.29) is 13.2 Å². The van der Waals surface area contributed by atoms with Crippen molar-refractivity contribution < 1.29 is 28.5 Å². The zero-order valence-corrected chi connectivity index (χ0v) is 30.5. The van der Waals surface area contributed by atoms with Crippen LogP contribution in [0.4, 0.5) is 0 Å². The lowest BCUT2D eigenvalue weighted by molar-refractivity contribution is -0.147. The van der Waals surface area contributed by atoms with Crippen molar-refractivity contribution in [2.75, 3.05) is 13.2 Å². The molecule has 0 bridgehead atoms. The molecule has 0 aliphatic heterocycles. The van der Waals surface area contributed by atoms with Crippen molar-refractivity contribution in [1.82, 2.24) is 0 Å². The summed E-state index contributed by atoms with van der Waals surface area (Å²) in [6.07, 6.45) is 10.4. The van der Waals surface area contributed by atoms with Gasteiger partial charge in [-0.15, -0.1) is 0 Å². The van der Waals surface area contributed by atoms with Crippen LogP contribution in [-0.2, 0) is 31.9 Å². The molecule has 49 heavy (non-hydrogen) atoms. The van der Waals surface area contributed by atoms with Crippen molar-refractivity contribution in [3.63, 3.8) is 0 Å². The van der Waals surface area contributed by atoms with Gasteiger partial charge in [0.1, 0.15) is 36.9 Å². The van der Waals surface area contributed by atoms with E-state index in [4.69, 9.17) is 18.9 Å². The predicted molar refractivity (Wildman–Crippen MR) is 200 cm³/mol. The van der Waals surface area contributed by atoms with Gasteiger partial charge in [0.2, 0.25) is 0 Å². The van der Waals surface area contributed by atoms with Crippen LogP contribution in [0.3, 0.4) is 0 Å². The largest absolute Gasteiger partial charge is 0.489 e. The van der Waals surface area contributed by atoms with Gasteiger partial charge in [-0.2, -0.15) is 0 Å². The average Bonchev–Trinajstić information content (AvgIpc) is 3.09. The number of benzene rings is 3. The van der Waals surface area contributed by atoms with E-state index in [9.17, 15) is 9.59 Å². The molecule has 1 aliphatic carbocycles. The topological polar surface area (TPSA) is 71.1 Å². The van der Waals surface area contributed by atoms with E-state index in [1.54, 1.807) is 25.6 Å². The van der Waals surface area contributed by atoms with Crippen LogP contribution < -0.4 is 9.47 Å². The van der Waals surface area contributed by atoms with Gasteiger partial charge >= 0.3 is 11.9 Å². The quantitative estimate of drug-likeness (QED) is 0.0666. The van der Waals surface area contributed by atoms with Crippen molar-refractivity contribution in [2.45, 2.75) is 109 Å². The molecule has 1 aliphatic rings. The Labute approximate surface area is 296 Å². The summed E-state index contributed by atoms with van der Waals surface area (Å²) in [6.45, 7) is 15.7. The van der Waals surface area contributed by atoms with Crippen LogP contribution in [0.1, 0.15) is 90.2 Å². The minimum atomic E-state index is -0.398. The van der Waals surface area contributed by atoms with Gasteiger partial charge in [0, 0.05) is 44.4 Å². The van der Waals surface area contributed by atoms with Crippen LogP contribution in [0, 0.1) is 0 Å². The fourth-order valence-electron chi connectivity index (χ4n) is 5.84. The van der Waals surface area contributed by atoms with Crippen molar-refractivity contribution in [3.8, 4) is 11.5 Å². The Morgan fingerprint density at radius 3 is 1.69 bits per heavy atom. The number of fused-ring (bicyclic) bond motifs is 2. The van der Waals surface area contributed by atoms with E-state index in [0.717, 1.165) is 71.9 Å². The van der Waals surface area contributed by atoms with Gasteiger partial charge in [0.05, 0.1) is 0 Å². The molecule has 0 saturated carbocycles. The average molecular weight is 685 g/mol. The SMILES string of the molecule is C=C(C)C(=O)OC(CCCCC)COc1c2c(c(OCC(CCCCC)OC(=O)C(=C)C)c3ccccc13)CC(Sc1ccccc1)=CC2. The lowest BCUT2D eigenvalue weighted by atomic mass is 9.90. The Morgan fingerprint density at radius 2 is 1.20 bits per heavy atom. The fourth-order valence-corrected chi connectivity index (χ4v) is 6.82. The molecule has 6 nitrogen and oxygen atoms in total. The lowest BCUT2D eigenvalue weighted by Gasteiger charge is -2.27. The first-order chi connectivity index (χ1) is 23.7. The number of unbranched alkanes of at least 4 members (excludes halogenated alkanes) is 4. The number of carbonyl (C=O) groups excluding carboxylic acids is 2. The van der Waals surface area contributed by atoms with Crippen LogP contribution >= 0.6 is 11.8 Å². The van der Waals surface area contributed by atoms with Gasteiger partial charge in [-0.05, 0) is 63.0 Å². The third-order valence-electron chi connectivity index (χ3n) is 8.54. The summed E-state index contributed by atoms with van der Waals surface area (Å²) in [7, 11) is 0. The minimum absolute atomic E-state index is 0.237. The van der Waals surface area contributed by atoms with Crippen LogP contribution in [0.15, 0.2) is 94.8 Å². The second-order valence-corrected chi connectivity index (χ2v) is 14.1. The zero-order chi connectivity index (χ0) is 35.2. The number of carbonyl (C=O) groups is 2. The minimum Gasteiger partial charge on any atom is -0.489 e. The molecule has 0 fully saturated rings. The highest BCUT2D eigenvalue weighted by Gasteiger charge is 2.27. The standard InChI is InChI=1S/C42H52O6S/c1-7-9-12-18-31(47-41(43)29(3)4)27-45-39-35-22-16-17-23-36(35)40(46-28-32(19-13-10-8-2)48-42(44)30(5)6)38-26-34(24-25-37(38)39)49-33-20-14-11-15-21-33/h11,14-17,20-24,31-32H,3,5,7-10,12-13,18-19,25-28H2,1-2,4,6H3. The maximum absolute atomic E-state index is 12.6. The second kappa shape index (κ2) is 19.3. The number of hydrogen-bond acceptors (Lipinski definition) is 7. The van der Waals surface area contributed by atoms with E-state index < -0.39 is 24.1 Å². The molecular weight excluding hydrogens is 633 g/mol. The number of rotatable bonds is 20. The molecule has 0 saturated heterocycles. The van der Waals surface area contributed by atoms with Crippen molar-refractivity contribution in [1.29, 1.82) is 0 Å². The van der Waals surface area contributed by atoms with Gasteiger partial charge < -0.3 is 18.9 Å². The van der Waals surface area contributed by atoms with Gasteiger partial charge in [-0.25, -0.2) is 9.59 Å². The highest BCUT2D eigenvalue weighted by Crippen LogP contribution is 2.46. The van der Waals surface area contributed by atoms with Gasteiger partial charge in [0.25, 0.3) is 0 Å². The predicted octanol–water partition coefficient (Wildman–Crippen LogP) is 10.5. The first kappa shape index (κ1) is 37.8. The molecule has 262 valence electrons. The van der Waals surface area contributed by atoms with E-state index in [2.05, 4.69) is 69.5 Å². The number of thioether (sulfide) groups is 1. The summed E-state index contributed by atoms with van der Waals surface area (Å²) in [5.74, 6) is 0.786. The number of ether oxygens (including phenoxy) is 4.